The van der Waals surface area contributed by atoms with Gasteiger partial charge < -0.3 is 5.73 Å². The number of hydrogen-bond donors (Lipinski definition) is 1. The normalized spacial score (nSPS) is 8.31. The van der Waals surface area contributed by atoms with Gasteiger partial charge in [0.2, 0.25) is 0 Å². The second-order valence-electron chi connectivity index (χ2n) is 3.65. The standard InChI is InChI=1S/C7H16.C3H8.C2H7N/c1-4-5-6-7(2)3;1-3-2;1-2-3/h7H,4-6H2,1-3H3;3H2,1-2H3;2-3H2,1H3. The van der Waals surface area contributed by atoms with Crippen LogP contribution >= 0.6 is 0 Å². The van der Waals surface area contributed by atoms with Crippen LogP contribution in [0.1, 0.15) is 67.2 Å². The van der Waals surface area contributed by atoms with Crippen molar-refractivity contribution >= 4 is 0 Å². The third-order valence-electron chi connectivity index (χ3n) is 1.14. The Kier molecular flexibility index (Phi) is 32.6. The minimum atomic E-state index is 0.750. The molecule has 0 unspecified atom stereocenters. The molecule has 0 spiro atoms. The maximum atomic E-state index is 4.85. The van der Waals surface area contributed by atoms with Crippen LogP contribution in [0.2, 0.25) is 0 Å². The molecule has 84 valence electrons. The first-order valence-electron chi connectivity index (χ1n) is 5.80. The van der Waals surface area contributed by atoms with Crippen molar-refractivity contribution in [3.8, 4) is 0 Å². The van der Waals surface area contributed by atoms with Gasteiger partial charge in [-0.2, -0.15) is 0 Å². The molecule has 0 saturated heterocycles. The van der Waals surface area contributed by atoms with Gasteiger partial charge in [-0.15, -0.1) is 0 Å². The second kappa shape index (κ2) is 22.7. The van der Waals surface area contributed by atoms with Crippen molar-refractivity contribution in [2.45, 2.75) is 67.2 Å². The van der Waals surface area contributed by atoms with Crippen LogP contribution in [0.5, 0.6) is 0 Å². The number of rotatable bonds is 3. The Hall–Kier alpha value is -0.0400. The minimum Gasteiger partial charge on any atom is -0.331 e. The smallest absolute Gasteiger partial charge is 0.0106 e. The molecule has 0 bridgehead atoms. The lowest BCUT2D eigenvalue weighted by Gasteiger charge is -1.98. The van der Waals surface area contributed by atoms with Gasteiger partial charge in [0.25, 0.3) is 0 Å². The summed E-state index contributed by atoms with van der Waals surface area (Å²) in [4.78, 5) is 0. The number of nitrogens with two attached hydrogens (primary N) is 1. The first kappa shape index (κ1) is 18.7. The molecule has 1 nitrogen and oxygen atoms in total. The van der Waals surface area contributed by atoms with E-state index in [1.807, 2.05) is 6.92 Å². The van der Waals surface area contributed by atoms with Crippen LogP contribution in [0.15, 0.2) is 0 Å². The SMILES string of the molecule is CCC.CCCCC(C)C.CCN. The molecule has 0 heterocycles. The van der Waals surface area contributed by atoms with Crippen molar-refractivity contribution in [2.75, 3.05) is 6.54 Å². The van der Waals surface area contributed by atoms with E-state index in [-0.39, 0.29) is 0 Å². The molecule has 0 fully saturated rings. The average Bonchev–Trinajstić information content (AvgIpc) is 2.04. The molecule has 0 radical (unpaired) electrons. The summed E-state index contributed by atoms with van der Waals surface area (Å²) in [6.07, 6.45) is 5.40. The third kappa shape index (κ3) is 75.7. The van der Waals surface area contributed by atoms with Crippen LogP contribution in [0.3, 0.4) is 0 Å². The van der Waals surface area contributed by atoms with E-state index in [0.717, 1.165) is 12.5 Å². The average molecular weight is 189 g/mol. The van der Waals surface area contributed by atoms with Crippen molar-refractivity contribution in [3.05, 3.63) is 0 Å². The summed E-state index contributed by atoms with van der Waals surface area (Å²) in [7, 11) is 0. The van der Waals surface area contributed by atoms with E-state index < -0.39 is 0 Å². The molecular formula is C12H31N. The van der Waals surface area contributed by atoms with E-state index in [1.54, 1.807) is 0 Å². The molecule has 0 aromatic heterocycles. The van der Waals surface area contributed by atoms with E-state index >= 15 is 0 Å². The number of hydrogen-bond acceptors (Lipinski definition) is 1. The molecule has 0 atom stereocenters. The lowest BCUT2D eigenvalue weighted by molar-refractivity contribution is 0.550. The fourth-order valence-corrected chi connectivity index (χ4v) is 0.612. The zero-order valence-electron chi connectivity index (χ0n) is 10.7. The van der Waals surface area contributed by atoms with Gasteiger partial charge in [0.05, 0.1) is 0 Å². The van der Waals surface area contributed by atoms with Crippen LogP contribution in [0.4, 0.5) is 0 Å². The summed E-state index contributed by atoms with van der Waals surface area (Å²) in [5, 5.41) is 0. The molecule has 0 rings (SSSR count). The van der Waals surface area contributed by atoms with Crippen LogP contribution in [0.25, 0.3) is 0 Å². The Morgan fingerprint density at radius 2 is 1.31 bits per heavy atom. The zero-order chi connectivity index (χ0) is 11.1. The van der Waals surface area contributed by atoms with Gasteiger partial charge in [0, 0.05) is 0 Å². The number of unbranched alkanes of at least 4 members (excludes halogenated alkanes) is 1. The van der Waals surface area contributed by atoms with Gasteiger partial charge in [-0.1, -0.05) is 67.2 Å². The third-order valence-corrected chi connectivity index (χ3v) is 1.14. The first-order chi connectivity index (χ1) is 6.10. The summed E-state index contributed by atoms with van der Waals surface area (Å²) < 4.78 is 0. The van der Waals surface area contributed by atoms with Crippen molar-refractivity contribution in [3.63, 3.8) is 0 Å². The maximum absolute atomic E-state index is 4.85. The van der Waals surface area contributed by atoms with Crippen molar-refractivity contribution in [2.24, 2.45) is 11.7 Å². The van der Waals surface area contributed by atoms with E-state index in [2.05, 4.69) is 34.6 Å². The highest BCUT2D eigenvalue weighted by Crippen LogP contribution is 2.04. The van der Waals surface area contributed by atoms with Gasteiger partial charge in [0.15, 0.2) is 0 Å². The highest BCUT2D eigenvalue weighted by atomic mass is 14.5. The summed E-state index contributed by atoms with van der Waals surface area (Å²) in [6.45, 7) is 13.7. The highest BCUT2D eigenvalue weighted by molar-refractivity contribution is 4.42. The molecule has 0 aliphatic carbocycles. The van der Waals surface area contributed by atoms with Crippen molar-refractivity contribution in [1.82, 2.24) is 0 Å². The van der Waals surface area contributed by atoms with E-state index in [1.165, 1.54) is 25.7 Å². The van der Waals surface area contributed by atoms with Gasteiger partial charge >= 0.3 is 0 Å². The Morgan fingerprint density at radius 1 is 1.00 bits per heavy atom. The lowest BCUT2D eigenvalue weighted by atomic mass is 10.1. The Labute approximate surface area is 86.1 Å². The molecule has 0 aromatic carbocycles. The molecule has 0 aliphatic rings. The maximum Gasteiger partial charge on any atom is -0.0106 e. The Bertz CT molecular complexity index is 49.1. The van der Waals surface area contributed by atoms with Crippen LogP contribution in [0, 0.1) is 5.92 Å². The molecule has 13 heavy (non-hydrogen) atoms. The predicted octanol–water partition coefficient (Wildman–Crippen LogP) is 4.21. The molecule has 0 aromatic rings. The molecular weight excluding hydrogens is 158 g/mol. The molecule has 2 N–H and O–H groups in total. The monoisotopic (exact) mass is 189 g/mol. The fourth-order valence-electron chi connectivity index (χ4n) is 0.612. The summed E-state index contributed by atoms with van der Waals surface area (Å²) in [5.41, 5.74) is 4.85. The van der Waals surface area contributed by atoms with Gasteiger partial charge in [-0.05, 0) is 12.5 Å². The van der Waals surface area contributed by atoms with Gasteiger partial charge in [0.1, 0.15) is 0 Å². The molecule has 0 amide bonds. The predicted molar refractivity (Wildman–Crippen MR) is 65.1 cm³/mol. The lowest BCUT2D eigenvalue weighted by Crippen LogP contribution is -1.87. The molecule has 0 aliphatic heterocycles. The molecule has 1 heteroatoms. The summed E-state index contributed by atoms with van der Waals surface area (Å²) in [5.74, 6) is 0.903. The van der Waals surface area contributed by atoms with E-state index in [9.17, 15) is 0 Å². The Balaban J connectivity index is -0.000000140. The minimum absolute atomic E-state index is 0.750. The molecule has 0 saturated carbocycles. The zero-order valence-corrected chi connectivity index (χ0v) is 10.7. The van der Waals surface area contributed by atoms with Crippen LogP contribution in [-0.4, -0.2) is 6.54 Å². The van der Waals surface area contributed by atoms with Crippen LogP contribution < -0.4 is 5.73 Å². The first-order valence-corrected chi connectivity index (χ1v) is 5.80. The fraction of sp³-hybridized carbons (Fsp3) is 1.00. The summed E-state index contributed by atoms with van der Waals surface area (Å²) in [6, 6.07) is 0. The second-order valence-corrected chi connectivity index (χ2v) is 3.65. The quantitative estimate of drug-likeness (QED) is 0.707. The van der Waals surface area contributed by atoms with Gasteiger partial charge in [-0.25, -0.2) is 0 Å². The Morgan fingerprint density at radius 3 is 1.38 bits per heavy atom. The van der Waals surface area contributed by atoms with Crippen molar-refractivity contribution in [1.29, 1.82) is 0 Å². The van der Waals surface area contributed by atoms with E-state index in [4.69, 9.17) is 5.73 Å². The summed E-state index contributed by atoms with van der Waals surface area (Å²) >= 11 is 0. The van der Waals surface area contributed by atoms with Gasteiger partial charge in [-0.3, -0.25) is 0 Å². The highest BCUT2D eigenvalue weighted by Gasteiger charge is 1.88. The largest absolute Gasteiger partial charge is 0.331 e. The van der Waals surface area contributed by atoms with E-state index in [0.29, 0.717) is 0 Å². The topological polar surface area (TPSA) is 26.0 Å². The van der Waals surface area contributed by atoms with Crippen LogP contribution in [-0.2, 0) is 0 Å². The van der Waals surface area contributed by atoms with Crippen molar-refractivity contribution < 1.29 is 0 Å².